The predicted octanol–water partition coefficient (Wildman–Crippen LogP) is 3.39. The van der Waals surface area contributed by atoms with Crippen LogP contribution < -0.4 is 0 Å². The molecule has 1 heterocycles. The van der Waals surface area contributed by atoms with Crippen LogP contribution in [0.3, 0.4) is 0 Å². The number of nitrogens with zero attached hydrogens (tertiary/aromatic N) is 2. The number of alkyl halides is 2. The molecule has 0 unspecified atom stereocenters. The summed E-state index contributed by atoms with van der Waals surface area (Å²) in [5.74, 6) is 0. The van der Waals surface area contributed by atoms with Crippen LogP contribution in [0.4, 0.5) is 8.78 Å². The molecule has 0 aliphatic carbocycles. The van der Waals surface area contributed by atoms with Gasteiger partial charge in [0.2, 0.25) is 0 Å². The lowest BCUT2D eigenvalue weighted by molar-refractivity contribution is -0.249. The molecule has 29 heavy (non-hydrogen) atoms. The van der Waals surface area contributed by atoms with E-state index in [0.29, 0.717) is 16.9 Å². The maximum absolute atomic E-state index is 14.3. The number of hydrogen-bond acceptors (Lipinski definition) is 5. The number of aliphatic hydroxyl groups excluding tert-OH is 1. The minimum atomic E-state index is -3.50. The molecule has 0 bridgehead atoms. The first-order chi connectivity index (χ1) is 13.7. The highest BCUT2D eigenvalue weighted by molar-refractivity contribution is 7.90. The van der Waals surface area contributed by atoms with Crippen molar-refractivity contribution >= 4 is 9.84 Å². The molecule has 9 heteroatoms. The zero-order valence-electron chi connectivity index (χ0n) is 15.6. The van der Waals surface area contributed by atoms with Gasteiger partial charge in [-0.3, -0.25) is 0 Å². The lowest BCUT2D eigenvalue weighted by Crippen LogP contribution is -2.19. The molecule has 0 aliphatic rings. The number of aliphatic hydroxyl groups is 1. The Kier molecular flexibility index (Phi) is 6.11. The highest BCUT2D eigenvalue weighted by Crippen LogP contribution is 2.32. The number of aromatic nitrogens is 2. The maximum atomic E-state index is 14.3. The molecule has 154 valence electrons. The van der Waals surface area contributed by atoms with Crippen LogP contribution in [0.1, 0.15) is 12.0 Å². The number of benzene rings is 2. The highest BCUT2D eigenvalue weighted by Gasteiger charge is 2.33. The second-order valence-electron chi connectivity index (χ2n) is 6.42. The van der Waals surface area contributed by atoms with E-state index in [1.165, 1.54) is 41.2 Å². The van der Waals surface area contributed by atoms with Gasteiger partial charge in [0.15, 0.2) is 9.84 Å². The standard InChI is InChI=1S/C20H20F2N2O4S/c1-29(26,27)18-8-6-15(7-9-18)19-10-11-23-24(19)17-5-2-4-16(14-17)20(21,22)28-13-3-12-25/h2,4-11,14,25H,3,12-13H2,1H3. The van der Waals surface area contributed by atoms with Crippen molar-refractivity contribution in [3.05, 3.63) is 66.4 Å². The van der Waals surface area contributed by atoms with Crippen molar-refractivity contribution in [2.75, 3.05) is 19.5 Å². The van der Waals surface area contributed by atoms with Crippen LogP contribution in [0.25, 0.3) is 16.9 Å². The van der Waals surface area contributed by atoms with Crippen molar-refractivity contribution in [3.63, 3.8) is 0 Å². The maximum Gasteiger partial charge on any atom is 0.383 e. The second-order valence-corrected chi connectivity index (χ2v) is 8.43. The summed E-state index contributed by atoms with van der Waals surface area (Å²) >= 11 is 0. The molecule has 0 aliphatic heterocycles. The summed E-state index contributed by atoms with van der Waals surface area (Å²) in [6.07, 6.45) is -0.735. The smallest absolute Gasteiger partial charge is 0.383 e. The highest BCUT2D eigenvalue weighted by atomic mass is 32.2. The first kappa shape index (κ1) is 21.1. The van der Waals surface area contributed by atoms with E-state index < -0.39 is 15.9 Å². The van der Waals surface area contributed by atoms with Gasteiger partial charge in [-0.05, 0) is 36.8 Å². The van der Waals surface area contributed by atoms with Crippen molar-refractivity contribution in [3.8, 4) is 16.9 Å². The fraction of sp³-hybridized carbons (Fsp3) is 0.250. The third-order valence-corrected chi connectivity index (χ3v) is 5.36. The SMILES string of the molecule is CS(=O)(=O)c1ccc(-c2ccnn2-c2cccc(C(F)(F)OCCCO)c2)cc1. The van der Waals surface area contributed by atoms with Gasteiger partial charge < -0.3 is 9.84 Å². The lowest BCUT2D eigenvalue weighted by Gasteiger charge is -2.18. The number of hydrogen-bond donors (Lipinski definition) is 1. The molecule has 0 fully saturated rings. The van der Waals surface area contributed by atoms with Crippen molar-refractivity contribution in [1.82, 2.24) is 9.78 Å². The Hall–Kier alpha value is -2.62. The average Bonchev–Trinajstić information content (AvgIpc) is 3.17. The third kappa shape index (κ3) is 4.87. The minimum absolute atomic E-state index is 0.113. The molecule has 0 spiro atoms. The van der Waals surface area contributed by atoms with Crippen molar-refractivity contribution in [1.29, 1.82) is 0 Å². The van der Waals surface area contributed by atoms with Crippen molar-refractivity contribution in [2.45, 2.75) is 17.4 Å². The Morgan fingerprint density at radius 2 is 1.86 bits per heavy atom. The number of sulfone groups is 1. The summed E-state index contributed by atoms with van der Waals surface area (Å²) in [7, 11) is -3.32. The fourth-order valence-corrected chi connectivity index (χ4v) is 3.40. The second kappa shape index (κ2) is 8.40. The van der Waals surface area contributed by atoms with E-state index in [9.17, 15) is 17.2 Å². The molecule has 0 amide bonds. The van der Waals surface area contributed by atoms with E-state index in [4.69, 9.17) is 5.11 Å². The molecule has 0 atom stereocenters. The van der Waals surface area contributed by atoms with Gasteiger partial charge in [0, 0.05) is 18.4 Å². The summed E-state index contributed by atoms with van der Waals surface area (Å²) in [5, 5.41) is 12.9. The molecule has 3 rings (SSSR count). The van der Waals surface area contributed by atoms with Crippen LogP contribution in [0.2, 0.25) is 0 Å². The van der Waals surface area contributed by atoms with Gasteiger partial charge in [-0.25, -0.2) is 13.1 Å². The largest absolute Gasteiger partial charge is 0.396 e. The minimum Gasteiger partial charge on any atom is -0.396 e. The summed E-state index contributed by atoms with van der Waals surface area (Å²) in [6.45, 7) is -0.502. The van der Waals surface area contributed by atoms with E-state index in [1.807, 2.05) is 0 Å². The quantitative estimate of drug-likeness (QED) is 0.563. The van der Waals surface area contributed by atoms with Gasteiger partial charge in [-0.2, -0.15) is 13.9 Å². The topological polar surface area (TPSA) is 81.4 Å². The Labute approximate surface area is 167 Å². The molecular formula is C20H20F2N2O4S. The van der Waals surface area contributed by atoms with Gasteiger partial charge in [0.05, 0.1) is 34.6 Å². The summed E-state index contributed by atoms with van der Waals surface area (Å²) < 4.78 is 57.9. The molecule has 6 nitrogen and oxygen atoms in total. The van der Waals surface area contributed by atoms with Gasteiger partial charge in [0.25, 0.3) is 0 Å². The first-order valence-corrected chi connectivity index (χ1v) is 10.7. The van der Waals surface area contributed by atoms with E-state index in [1.54, 1.807) is 24.3 Å². The fourth-order valence-electron chi connectivity index (χ4n) is 2.77. The molecule has 1 N–H and O–H groups in total. The molecule has 2 aromatic carbocycles. The third-order valence-electron chi connectivity index (χ3n) is 4.23. The van der Waals surface area contributed by atoms with Gasteiger partial charge in [0.1, 0.15) is 0 Å². The number of rotatable bonds is 8. The summed E-state index contributed by atoms with van der Waals surface area (Å²) in [4.78, 5) is 0.189. The Morgan fingerprint density at radius 3 is 2.52 bits per heavy atom. The van der Waals surface area contributed by atoms with Gasteiger partial charge in [-0.15, -0.1) is 0 Å². The number of ether oxygens (including phenoxy) is 1. The van der Waals surface area contributed by atoms with Crippen LogP contribution in [-0.2, 0) is 20.7 Å². The molecule has 0 saturated carbocycles. The summed E-state index contributed by atoms with van der Waals surface area (Å²) in [6, 6.07) is 13.6. The van der Waals surface area contributed by atoms with Crippen LogP contribution in [0.5, 0.6) is 0 Å². The Morgan fingerprint density at radius 1 is 1.14 bits per heavy atom. The van der Waals surface area contributed by atoms with Crippen LogP contribution in [0, 0.1) is 0 Å². The average molecular weight is 422 g/mol. The predicted molar refractivity (Wildman–Crippen MR) is 104 cm³/mol. The first-order valence-electron chi connectivity index (χ1n) is 8.80. The lowest BCUT2D eigenvalue weighted by atomic mass is 10.1. The molecule has 3 aromatic rings. The van der Waals surface area contributed by atoms with Gasteiger partial charge >= 0.3 is 6.11 Å². The van der Waals surface area contributed by atoms with E-state index >= 15 is 0 Å². The molecular weight excluding hydrogens is 402 g/mol. The van der Waals surface area contributed by atoms with E-state index in [-0.39, 0.29) is 30.1 Å². The van der Waals surface area contributed by atoms with Crippen LogP contribution in [-0.4, -0.2) is 42.8 Å². The van der Waals surface area contributed by atoms with Crippen LogP contribution >= 0.6 is 0 Å². The Balaban J connectivity index is 1.93. The molecule has 0 saturated heterocycles. The monoisotopic (exact) mass is 422 g/mol. The van der Waals surface area contributed by atoms with Crippen molar-refractivity contribution in [2.24, 2.45) is 0 Å². The zero-order chi connectivity index (χ0) is 21.1. The zero-order valence-corrected chi connectivity index (χ0v) is 16.4. The van der Waals surface area contributed by atoms with Crippen molar-refractivity contribution < 1.29 is 27.0 Å². The molecule has 1 aromatic heterocycles. The normalized spacial score (nSPS) is 12.3. The van der Waals surface area contributed by atoms with Crippen LogP contribution in [0.15, 0.2) is 65.7 Å². The Bertz CT molecular complexity index is 1080. The van der Waals surface area contributed by atoms with Gasteiger partial charge in [-0.1, -0.05) is 24.3 Å². The van der Waals surface area contributed by atoms with E-state index in [0.717, 1.165) is 6.26 Å². The molecule has 0 radical (unpaired) electrons. The summed E-state index contributed by atoms with van der Waals surface area (Å²) in [5.41, 5.74) is 1.37. The van der Waals surface area contributed by atoms with E-state index in [2.05, 4.69) is 9.84 Å². The number of halogens is 2.